The predicted molar refractivity (Wildman–Crippen MR) is 138 cm³/mol. The topological polar surface area (TPSA) is 54.4 Å². The number of halogens is 5. The van der Waals surface area contributed by atoms with E-state index in [2.05, 4.69) is 90.1 Å². The molecule has 0 amide bonds. The lowest BCUT2D eigenvalue weighted by atomic mass is 9.81. The minimum absolute atomic E-state index is 0.270. The summed E-state index contributed by atoms with van der Waals surface area (Å²) in [5.41, 5.74) is 6.19. The van der Waals surface area contributed by atoms with E-state index in [1.54, 1.807) is 0 Å². The quantitative estimate of drug-likeness (QED) is 0.138. The van der Waals surface area contributed by atoms with Crippen molar-refractivity contribution in [3.05, 3.63) is 99.9 Å². The lowest BCUT2D eigenvalue weighted by molar-refractivity contribution is 0.352. The molecule has 0 bridgehead atoms. The molecule has 0 aromatic heterocycles. The zero-order valence-electron chi connectivity index (χ0n) is 22.3. The molecule has 0 saturated carbocycles. The summed E-state index contributed by atoms with van der Waals surface area (Å²) >= 11 is 0. The first kappa shape index (κ1) is 31.4. The van der Waals surface area contributed by atoms with Crippen LogP contribution >= 0.6 is 0 Å². The molecule has 0 aliphatic heterocycles. The number of hydrogen-bond donors (Lipinski definition) is 1. The highest BCUT2D eigenvalue weighted by molar-refractivity contribution is 7.85. The fourth-order valence-electron chi connectivity index (χ4n) is 3.60. The SMILES string of the molecule is CCC(C)(C)c1ccc(Cc2ccc(C(C)(C)CC)cc2)cc1.O=S(=O)(O)c1c(F)c(F)c(F)c(F)c1F. The van der Waals surface area contributed by atoms with Crippen molar-refractivity contribution < 1.29 is 34.9 Å². The first-order valence-electron chi connectivity index (χ1n) is 12.1. The van der Waals surface area contributed by atoms with E-state index < -0.39 is 44.1 Å². The van der Waals surface area contributed by atoms with Crippen LogP contribution in [0.25, 0.3) is 0 Å². The molecule has 1 N–H and O–H groups in total. The van der Waals surface area contributed by atoms with Gasteiger partial charge in [0.2, 0.25) is 5.82 Å². The molecule has 3 nitrogen and oxygen atoms in total. The summed E-state index contributed by atoms with van der Waals surface area (Å²) in [6, 6.07) is 18.3. The zero-order valence-corrected chi connectivity index (χ0v) is 23.1. The van der Waals surface area contributed by atoms with Crippen molar-refractivity contribution in [2.45, 2.75) is 76.5 Å². The summed E-state index contributed by atoms with van der Waals surface area (Å²) < 4.78 is 91.3. The van der Waals surface area contributed by atoms with Gasteiger partial charge < -0.3 is 0 Å². The molecule has 0 radical (unpaired) electrons. The second-order valence-electron chi connectivity index (χ2n) is 10.4. The summed E-state index contributed by atoms with van der Waals surface area (Å²) in [5.74, 6) is -12.6. The molecule has 9 heteroatoms. The van der Waals surface area contributed by atoms with Crippen LogP contribution in [0.4, 0.5) is 22.0 Å². The number of hydrogen-bond acceptors (Lipinski definition) is 2. The van der Waals surface area contributed by atoms with Crippen molar-refractivity contribution in [2.24, 2.45) is 0 Å². The van der Waals surface area contributed by atoms with Gasteiger partial charge in [0, 0.05) is 0 Å². The normalized spacial score (nSPS) is 12.2. The van der Waals surface area contributed by atoms with Crippen LogP contribution in [0, 0.1) is 29.1 Å². The van der Waals surface area contributed by atoms with E-state index in [0.29, 0.717) is 0 Å². The fraction of sp³-hybridized carbons (Fsp3) is 0.379. The fourth-order valence-corrected chi connectivity index (χ4v) is 4.23. The van der Waals surface area contributed by atoms with E-state index in [1.165, 1.54) is 35.1 Å². The van der Waals surface area contributed by atoms with Crippen molar-refractivity contribution in [3.63, 3.8) is 0 Å². The van der Waals surface area contributed by atoms with Crippen LogP contribution in [0.2, 0.25) is 0 Å². The predicted octanol–water partition coefficient (Wildman–Crippen LogP) is 8.28. The lowest BCUT2D eigenvalue weighted by Crippen LogP contribution is -2.15. The van der Waals surface area contributed by atoms with Gasteiger partial charge in [-0.15, -0.1) is 0 Å². The van der Waals surface area contributed by atoms with Crippen LogP contribution in [0.3, 0.4) is 0 Å². The maximum absolute atomic E-state index is 12.6. The summed E-state index contributed by atoms with van der Waals surface area (Å²) in [6.45, 7) is 13.8. The van der Waals surface area contributed by atoms with E-state index in [-0.39, 0.29) is 10.8 Å². The minimum atomic E-state index is -5.52. The van der Waals surface area contributed by atoms with Gasteiger partial charge in [-0.3, -0.25) is 4.55 Å². The molecule has 0 fully saturated rings. The second-order valence-corrected chi connectivity index (χ2v) is 11.8. The van der Waals surface area contributed by atoms with Gasteiger partial charge in [0.05, 0.1) is 0 Å². The Balaban J connectivity index is 0.000000293. The Morgan fingerprint density at radius 1 is 0.605 bits per heavy atom. The van der Waals surface area contributed by atoms with Gasteiger partial charge in [0.1, 0.15) is 0 Å². The lowest BCUT2D eigenvalue weighted by Gasteiger charge is -2.24. The van der Waals surface area contributed by atoms with Crippen LogP contribution in [0.15, 0.2) is 53.4 Å². The highest BCUT2D eigenvalue weighted by Crippen LogP contribution is 2.29. The highest BCUT2D eigenvalue weighted by Gasteiger charge is 2.32. The van der Waals surface area contributed by atoms with Gasteiger partial charge in [0.15, 0.2) is 28.2 Å². The second kappa shape index (κ2) is 11.9. The summed E-state index contributed by atoms with van der Waals surface area (Å²) in [7, 11) is -5.52. The number of rotatable bonds is 7. The third-order valence-corrected chi connectivity index (χ3v) is 7.95. The van der Waals surface area contributed by atoms with E-state index in [9.17, 15) is 30.4 Å². The molecular weight excluding hydrogens is 523 g/mol. The van der Waals surface area contributed by atoms with E-state index in [1.807, 2.05) is 0 Å². The van der Waals surface area contributed by atoms with Gasteiger partial charge in [-0.1, -0.05) is 90.1 Å². The minimum Gasteiger partial charge on any atom is -0.282 e. The van der Waals surface area contributed by atoms with Crippen molar-refractivity contribution in [3.8, 4) is 0 Å². The van der Waals surface area contributed by atoms with Crippen molar-refractivity contribution in [1.82, 2.24) is 0 Å². The third kappa shape index (κ3) is 7.20. The molecule has 3 aromatic carbocycles. The summed E-state index contributed by atoms with van der Waals surface area (Å²) in [4.78, 5) is -2.26. The van der Waals surface area contributed by atoms with Crippen LogP contribution < -0.4 is 0 Å². The smallest absolute Gasteiger partial charge is 0.282 e. The molecular formula is C29H33F5O3S. The Hall–Kier alpha value is -2.78. The monoisotopic (exact) mass is 556 g/mol. The maximum atomic E-state index is 12.6. The number of benzene rings is 3. The van der Waals surface area contributed by atoms with Gasteiger partial charge in [-0.05, 0) is 52.3 Å². The Labute approximate surface area is 221 Å². The van der Waals surface area contributed by atoms with Gasteiger partial charge in [-0.2, -0.15) is 8.42 Å². The van der Waals surface area contributed by atoms with Crippen LogP contribution in [-0.2, 0) is 27.4 Å². The molecule has 208 valence electrons. The molecule has 3 rings (SSSR count). The Morgan fingerprint density at radius 3 is 1.16 bits per heavy atom. The third-order valence-electron chi connectivity index (χ3n) is 7.07. The molecule has 0 aliphatic rings. The maximum Gasteiger partial charge on any atom is 0.300 e. The first-order chi connectivity index (χ1) is 17.5. The molecule has 38 heavy (non-hydrogen) atoms. The van der Waals surface area contributed by atoms with E-state index in [0.717, 1.165) is 6.42 Å². The first-order valence-corrected chi connectivity index (χ1v) is 13.6. The molecule has 0 heterocycles. The van der Waals surface area contributed by atoms with Gasteiger partial charge in [-0.25, -0.2) is 22.0 Å². The molecule has 0 spiro atoms. The van der Waals surface area contributed by atoms with Crippen LogP contribution in [-0.4, -0.2) is 13.0 Å². The molecule has 0 saturated heterocycles. The summed E-state index contributed by atoms with van der Waals surface area (Å²) in [6.07, 6.45) is 3.35. The Morgan fingerprint density at radius 2 is 0.895 bits per heavy atom. The van der Waals surface area contributed by atoms with Crippen molar-refractivity contribution in [1.29, 1.82) is 0 Å². The molecule has 0 unspecified atom stereocenters. The van der Waals surface area contributed by atoms with E-state index >= 15 is 0 Å². The van der Waals surface area contributed by atoms with Crippen molar-refractivity contribution in [2.75, 3.05) is 0 Å². The highest BCUT2D eigenvalue weighted by atomic mass is 32.2. The standard InChI is InChI=1S/C23H32.C6HF5O3S/c1-7-22(3,4)20-13-9-18(10-14-20)17-19-11-15-21(16-12-19)23(5,6)8-2;7-1-2(8)4(10)6(15(12,13)14)5(11)3(1)9/h9-16H,7-8,17H2,1-6H3;(H,12,13,14). The summed E-state index contributed by atoms with van der Waals surface area (Å²) in [5, 5.41) is 0. The average Bonchev–Trinajstić information content (AvgIpc) is 2.86. The van der Waals surface area contributed by atoms with Gasteiger partial charge in [0.25, 0.3) is 0 Å². The van der Waals surface area contributed by atoms with Gasteiger partial charge >= 0.3 is 10.1 Å². The molecule has 3 aromatic rings. The molecule has 0 aliphatic carbocycles. The largest absolute Gasteiger partial charge is 0.300 e. The molecule has 0 atom stereocenters. The van der Waals surface area contributed by atoms with E-state index in [4.69, 9.17) is 4.55 Å². The Bertz CT molecular complexity index is 1280. The van der Waals surface area contributed by atoms with Crippen LogP contribution in [0.1, 0.15) is 76.6 Å². The average molecular weight is 557 g/mol. The van der Waals surface area contributed by atoms with Crippen molar-refractivity contribution >= 4 is 10.1 Å². The zero-order chi connectivity index (χ0) is 29.1. The van der Waals surface area contributed by atoms with Crippen LogP contribution in [0.5, 0.6) is 0 Å². The Kier molecular flexibility index (Phi) is 9.88.